The molecular formula is C20H26N2O3. The van der Waals surface area contributed by atoms with Gasteiger partial charge in [0.25, 0.3) is 0 Å². The van der Waals surface area contributed by atoms with Gasteiger partial charge < -0.3 is 14.7 Å². The lowest BCUT2D eigenvalue weighted by molar-refractivity contribution is -0.133. The summed E-state index contributed by atoms with van der Waals surface area (Å²) < 4.78 is 5.80. The highest BCUT2D eigenvalue weighted by atomic mass is 16.5. The van der Waals surface area contributed by atoms with E-state index < -0.39 is 0 Å². The van der Waals surface area contributed by atoms with Crippen LogP contribution in [0, 0.1) is 0 Å². The van der Waals surface area contributed by atoms with E-state index in [4.69, 9.17) is 4.74 Å². The second kappa shape index (κ2) is 8.19. The standard InChI is InChI=1S/C20H26N2O3/c1-2-3-10-19(24)22-12-5-4-9-18(22)20-21-17(11-13-25-20)15-7-6-8-16(23)14-15/h6-8,11,14,18,23H,2-5,9-10,12-13H2,1H3. The van der Waals surface area contributed by atoms with Crippen molar-refractivity contribution in [2.75, 3.05) is 13.2 Å². The van der Waals surface area contributed by atoms with Gasteiger partial charge in [-0.1, -0.05) is 25.5 Å². The molecule has 0 bridgehead atoms. The lowest BCUT2D eigenvalue weighted by atomic mass is 10.0. The minimum atomic E-state index is -0.0703. The fourth-order valence-corrected chi connectivity index (χ4v) is 3.38. The molecule has 1 N–H and O–H groups in total. The van der Waals surface area contributed by atoms with E-state index in [0.29, 0.717) is 18.9 Å². The van der Waals surface area contributed by atoms with E-state index in [1.165, 1.54) is 0 Å². The molecule has 134 valence electrons. The Balaban J connectivity index is 1.80. The van der Waals surface area contributed by atoms with Crippen LogP contribution in [0.2, 0.25) is 0 Å². The second-order valence-electron chi connectivity index (χ2n) is 6.60. The average molecular weight is 342 g/mol. The van der Waals surface area contributed by atoms with E-state index in [0.717, 1.165) is 49.9 Å². The molecule has 0 spiro atoms. The number of benzene rings is 1. The third-order valence-corrected chi connectivity index (χ3v) is 4.73. The molecule has 1 saturated heterocycles. The Hall–Kier alpha value is -2.30. The van der Waals surface area contributed by atoms with Crippen molar-refractivity contribution in [1.82, 2.24) is 4.90 Å². The van der Waals surface area contributed by atoms with Gasteiger partial charge in [-0.05, 0) is 43.9 Å². The number of phenolic OH excluding ortho intramolecular Hbond substituents is 1. The van der Waals surface area contributed by atoms with Crippen molar-refractivity contribution < 1.29 is 14.6 Å². The zero-order valence-electron chi connectivity index (χ0n) is 14.8. The normalized spacial score (nSPS) is 20.5. The van der Waals surface area contributed by atoms with Gasteiger partial charge in [-0.25, -0.2) is 4.99 Å². The van der Waals surface area contributed by atoms with Gasteiger partial charge in [-0.3, -0.25) is 4.79 Å². The summed E-state index contributed by atoms with van der Waals surface area (Å²) in [5, 5.41) is 9.70. The Bertz CT molecular complexity index is 681. The third kappa shape index (κ3) is 4.21. The number of rotatable bonds is 5. The number of amides is 1. The molecule has 0 saturated carbocycles. The maximum Gasteiger partial charge on any atom is 0.223 e. The monoisotopic (exact) mass is 342 g/mol. The van der Waals surface area contributed by atoms with Gasteiger partial charge in [0.05, 0.1) is 5.70 Å². The first-order chi connectivity index (χ1) is 12.2. The van der Waals surface area contributed by atoms with Gasteiger partial charge in [-0.15, -0.1) is 0 Å². The van der Waals surface area contributed by atoms with E-state index in [2.05, 4.69) is 11.9 Å². The topological polar surface area (TPSA) is 62.1 Å². The maximum atomic E-state index is 12.6. The number of phenols is 1. The highest BCUT2D eigenvalue weighted by Gasteiger charge is 2.32. The first-order valence-corrected chi connectivity index (χ1v) is 9.19. The summed E-state index contributed by atoms with van der Waals surface area (Å²) >= 11 is 0. The molecule has 1 fully saturated rings. The summed E-state index contributed by atoms with van der Waals surface area (Å²) in [6, 6.07) is 6.99. The predicted octanol–water partition coefficient (Wildman–Crippen LogP) is 3.73. The van der Waals surface area contributed by atoms with Gasteiger partial charge >= 0.3 is 0 Å². The molecular weight excluding hydrogens is 316 g/mol. The zero-order valence-corrected chi connectivity index (χ0v) is 14.8. The molecule has 0 aliphatic carbocycles. The SMILES string of the molecule is CCCCC(=O)N1CCCCC1C1=NC(c2cccc(O)c2)=CCO1. The number of hydrogen-bond donors (Lipinski definition) is 1. The smallest absolute Gasteiger partial charge is 0.223 e. The number of aromatic hydroxyl groups is 1. The average Bonchev–Trinajstić information content (AvgIpc) is 2.66. The van der Waals surface area contributed by atoms with Crippen molar-refractivity contribution in [3.8, 4) is 5.75 Å². The van der Waals surface area contributed by atoms with Crippen LogP contribution in [0.5, 0.6) is 5.75 Å². The fraction of sp³-hybridized carbons (Fsp3) is 0.500. The fourth-order valence-electron chi connectivity index (χ4n) is 3.38. The quantitative estimate of drug-likeness (QED) is 0.887. The Kier molecular flexibility index (Phi) is 5.74. The van der Waals surface area contributed by atoms with Crippen LogP contribution in [0.4, 0.5) is 0 Å². The van der Waals surface area contributed by atoms with Crippen LogP contribution in [0.3, 0.4) is 0 Å². The summed E-state index contributed by atoms with van der Waals surface area (Å²) in [7, 11) is 0. The molecule has 3 rings (SSSR count). The number of unbranched alkanes of at least 4 members (excludes halogenated alkanes) is 1. The predicted molar refractivity (Wildman–Crippen MR) is 98.3 cm³/mol. The number of ether oxygens (including phenoxy) is 1. The number of carbonyl (C=O) groups excluding carboxylic acids is 1. The number of nitrogens with zero attached hydrogens (tertiary/aromatic N) is 2. The first kappa shape index (κ1) is 17.5. The summed E-state index contributed by atoms with van der Waals surface area (Å²) in [4.78, 5) is 19.2. The summed E-state index contributed by atoms with van der Waals surface area (Å²) in [6.07, 6.45) is 7.45. The zero-order chi connectivity index (χ0) is 17.6. The van der Waals surface area contributed by atoms with E-state index in [1.807, 2.05) is 17.0 Å². The maximum absolute atomic E-state index is 12.6. The minimum absolute atomic E-state index is 0.0703. The molecule has 0 aromatic heterocycles. The van der Waals surface area contributed by atoms with Crippen LogP contribution in [-0.2, 0) is 9.53 Å². The van der Waals surface area contributed by atoms with Crippen LogP contribution in [0.25, 0.3) is 5.70 Å². The number of aliphatic imine (C=N–C) groups is 1. The number of piperidine rings is 1. The van der Waals surface area contributed by atoms with Crippen LogP contribution < -0.4 is 0 Å². The van der Waals surface area contributed by atoms with Crippen LogP contribution in [0.1, 0.15) is 51.0 Å². The lowest BCUT2D eigenvalue weighted by Crippen LogP contribution is -2.49. The molecule has 2 aliphatic rings. The molecule has 5 heteroatoms. The number of hydrogen-bond acceptors (Lipinski definition) is 4. The van der Waals surface area contributed by atoms with E-state index in [9.17, 15) is 9.90 Å². The lowest BCUT2D eigenvalue weighted by Gasteiger charge is -2.36. The Morgan fingerprint density at radius 1 is 1.40 bits per heavy atom. The molecule has 0 radical (unpaired) electrons. The van der Waals surface area contributed by atoms with Crippen molar-refractivity contribution in [2.24, 2.45) is 4.99 Å². The molecule has 1 unspecified atom stereocenters. The van der Waals surface area contributed by atoms with Crippen molar-refractivity contribution in [1.29, 1.82) is 0 Å². The Morgan fingerprint density at radius 3 is 3.08 bits per heavy atom. The Labute approximate surface area is 149 Å². The molecule has 1 amide bonds. The van der Waals surface area contributed by atoms with Crippen molar-refractivity contribution in [2.45, 2.75) is 51.5 Å². The summed E-state index contributed by atoms with van der Waals surface area (Å²) in [5.74, 6) is 1.05. The molecule has 2 aliphatic heterocycles. The molecule has 5 nitrogen and oxygen atoms in total. The largest absolute Gasteiger partial charge is 0.508 e. The molecule has 1 aromatic rings. The highest BCUT2D eigenvalue weighted by Crippen LogP contribution is 2.27. The second-order valence-corrected chi connectivity index (χ2v) is 6.60. The number of carbonyl (C=O) groups is 1. The van der Waals surface area contributed by atoms with Gasteiger partial charge in [0.1, 0.15) is 18.4 Å². The summed E-state index contributed by atoms with van der Waals surface area (Å²) in [5.41, 5.74) is 1.66. The Morgan fingerprint density at radius 2 is 2.28 bits per heavy atom. The minimum Gasteiger partial charge on any atom is -0.508 e. The van der Waals surface area contributed by atoms with Crippen LogP contribution >= 0.6 is 0 Å². The molecule has 1 atom stereocenters. The van der Waals surface area contributed by atoms with Gasteiger partial charge in [0, 0.05) is 18.5 Å². The third-order valence-electron chi connectivity index (χ3n) is 4.73. The van der Waals surface area contributed by atoms with E-state index >= 15 is 0 Å². The van der Waals surface area contributed by atoms with Gasteiger partial charge in [0.2, 0.25) is 11.8 Å². The van der Waals surface area contributed by atoms with Crippen LogP contribution in [0.15, 0.2) is 35.3 Å². The van der Waals surface area contributed by atoms with Crippen molar-refractivity contribution in [3.05, 3.63) is 35.9 Å². The van der Waals surface area contributed by atoms with E-state index in [1.54, 1.807) is 18.2 Å². The highest BCUT2D eigenvalue weighted by molar-refractivity contribution is 5.92. The number of likely N-dealkylation sites (tertiary alicyclic amines) is 1. The summed E-state index contributed by atoms with van der Waals surface area (Å²) in [6.45, 7) is 3.32. The van der Waals surface area contributed by atoms with Crippen molar-refractivity contribution >= 4 is 17.5 Å². The molecule has 1 aromatic carbocycles. The van der Waals surface area contributed by atoms with Crippen LogP contribution in [-0.4, -0.2) is 41.0 Å². The van der Waals surface area contributed by atoms with Gasteiger partial charge in [0.15, 0.2) is 0 Å². The first-order valence-electron chi connectivity index (χ1n) is 9.19. The van der Waals surface area contributed by atoms with Gasteiger partial charge in [-0.2, -0.15) is 0 Å². The van der Waals surface area contributed by atoms with E-state index in [-0.39, 0.29) is 17.7 Å². The van der Waals surface area contributed by atoms with Crippen molar-refractivity contribution in [3.63, 3.8) is 0 Å². The molecule has 25 heavy (non-hydrogen) atoms. The molecule has 2 heterocycles.